The zero-order valence-electron chi connectivity index (χ0n) is 12.2. The van der Waals surface area contributed by atoms with Crippen molar-refractivity contribution in [2.45, 2.75) is 50.6 Å². The van der Waals surface area contributed by atoms with Crippen LogP contribution in [0.2, 0.25) is 0 Å². The molecule has 0 spiro atoms. The highest BCUT2D eigenvalue weighted by molar-refractivity contribution is 7.90. The number of nitrogens with zero attached hydrogens (tertiary/aromatic N) is 1. The first-order valence-corrected chi connectivity index (χ1v) is 8.49. The van der Waals surface area contributed by atoms with Crippen molar-refractivity contribution in [2.24, 2.45) is 5.92 Å². The maximum Gasteiger partial charge on any atom is 0.511 e. The van der Waals surface area contributed by atoms with Crippen molar-refractivity contribution in [3.8, 4) is 0 Å². The average molecular weight is 343 g/mol. The van der Waals surface area contributed by atoms with Crippen LogP contribution in [0.25, 0.3) is 0 Å². The summed E-state index contributed by atoms with van der Waals surface area (Å²) < 4.78 is 60.9. The zero-order chi connectivity index (χ0) is 17.0. The van der Waals surface area contributed by atoms with Crippen LogP contribution < -0.4 is 0 Å². The molecule has 0 bridgehead atoms. The van der Waals surface area contributed by atoms with E-state index < -0.39 is 34.1 Å². The second-order valence-corrected chi connectivity index (χ2v) is 7.24. The number of sulfonamides is 1. The minimum Gasteiger partial charge on any atom is -0.480 e. The molecular formula is C13H20F3NO4S. The van der Waals surface area contributed by atoms with Gasteiger partial charge in [-0.05, 0) is 25.7 Å². The number of aliphatic carboxylic acids is 1. The van der Waals surface area contributed by atoms with E-state index in [0.29, 0.717) is 0 Å². The largest absolute Gasteiger partial charge is 0.511 e. The third-order valence-corrected chi connectivity index (χ3v) is 5.40. The Morgan fingerprint density at radius 2 is 1.86 bits per heavy atom. The van der Waals surface area contributed by atoms with Gasteiger partial charge in [0, 0.05) is 6.54 Å². The molecule has 5 nitrogen and oxygen atoms in total. The molecule has 0 aromatic rings. The van der Waals surface area contributed by atoms with E-state index in [1.807, 2.05) is 0 Å². The van der Waals surface area contributed by atoms with Crippen LogP contribution in [0.15, 0.2) is 12.2 Å². The zero-order valence-corrected chi connectivity index (χ0v) is 13.0. The molecule has 1 aliphatic carbocycles. The normalized spacial score (nSPS) is 19.7. The summed E-state index contributed by atoms with van der Waals surface area (Å²) >= 11 is 0. The predicted octanol–water partition coefficient (Wildman–Crippen LogP) is 2.75. The highest BCUT2D eigenvalue weighted by atomic mass is 32.2. The Morgan fingerprint density at radius 3 is 2.32 bits per heavy atom. The lowest BCUT2D eigenvalue weighted by molar-refractivity contribution is -0.141. The van der Waals surface area contributed by atoms with E-state index >= 15 is 0 Å². The lowest BCUT2D eigenvalue weighted by Crippen LogP contribution is -2.48. The van der Waals surface area contributed by atoms with Crippen LogP contribution in [0.3, 0.4) is 0 Å². The number of carboxylic acids is 1. The van der Waals surface area contributed by atoms with Gasteiger partial charge in [0.1, 0.15) is 6.04 Å². The number of allylic oxidation sites excluding steroid dienone is 1. The van der Waals surface area contributed by atoms with Gasteiger partial charge >= 0.3 is 21.5 Å². The summed E-state index contributed by atoms with van der Waals surface area (Å²) in [5, 5.41) is 8.83. The third kappa shape index (κ3) is 4.70. The topological polar surface area (TPSA) is 74.7 Å². The van der Waals surface area contributed by atoms with Crippen molar-refractivity contribution < 1.29 is 31.5 Å². The van der Waals surface area contributed by atoms with Crippen LogP contribution in [-0.4, -0.2) is 41.9 Å². The molecule has 9 heteroatoms. The van der Waals surface area contributed by atoms with Gasteiger partial charge in [-0.25, -0.2) is 8.42 Å². The summed E-state index contributed by atoms with van der Waals surface area (Å²) in [6, 6.07) is -1.79. The number of carbonyl (C=O) groups is 1. The van der Waals surface area contributed by atoms with Crippen LogP contribution in [0, 0.1) is 5.92 Å². The number of halogens is 3. The Bertz CT molecular complexity index is 510. The molecule has 1 rings (SSSR count). The lowest BCUT2D eigenvalue weighted by Gasteiger charge is -2.25. The molecule has 0 aliphatic heterocycles. The molecular weight excluding hydrogens is 323 g/mol. The fourth-order valence-corrected chi connectivity index (χ4v) is 3.46. The molecule has 0 heterocycles. The van der Waals surface area contributed by atoms with Gasteiger partial charge in [-0.3, -0.25) is 4.79 Å². The van der Waals surface area contributed by atoms with Crippen LogP contribution in [-0.2, 0) is 14.8 Å². The standard InChI is InChI=1S/C13H20F3NO4S/c1-10(12(18)19)17(22(20,21)13(14,15)16)9-5-8-11-6-3-2-4-7-11/h5,8,10-11H,2-4,6-7,9H2,1H3,(H,18,19)/b8-5+/t10-/m0/s1. The Hall–Kier alpha value is -1.09. The minimum absolute atomic E-state index is 0.0331. The van der Waals surface area contributed by atoms with E-state index in [1.54, 1.807) is 6.08 Å². The van der Waals surface area contributed by atoms with E-state index in [-0.39, 0.29) is 10.2 Å². The molecule has 0 radical (unpaired) electrons. The van der Waals surface area contributed by atoms with Crippen molar-refractivity contribution in [3.05, 3.63) is 12.2 Å². The maximum atomic E-state index is 12.6. The van der Waals surface area contributed by atoms with Gasteiger partial charge in [0.15, 0.2) is 0 Å². The molecule has 1 fully saturated rings. The quantitative estimate of drug-likeness (QED) is 0.753. The van der Waals surface area contributed by atoms with Crippen LogP contribution >= 0.6 is 0 Å². The highest BCUT2D eigenvalue weighted by Gasteiger charge is 2.52. The number of hydrogen-bond donors (Lipinski definition) is 1. The average Bonchev–Trinajstić information content (AvgIpc) is 2.42. The Kier molecular flexibility index (Phi) is 6.42. The SMILES string of the molecule is C[C@@H](C(=O)O)N(C/C=C/C1CCCCC1)S(=O)(=O)C(F)(F)F. The first-order chi connectivity index (χ1) is 10.1. The first-order valence-electron chi connectivity index (χ1n) is 7.05. The summed E-state index contributed by atoms with van der Waals surface area (Å²) in [4.78, 5) is 10.9. The number of rotatable bonds is 6. The highest BCUT2D eigenvalue weighted by Crippen LogP contribution is 2.29. The van der Waals surface area contributed by atoms with E-state index in [0.717, 1.165) is 39.0 Å². The van der Waals surface area contributed by atoms with Crippen molar-refractivity contribution in [2.75, 3.05) is 6.54 Å². The Morgan fingerprint density at radius 1 is 1.32 bits per heavy atom. The summed E-state index contributed by atoms with van der Waals surface area (Å²) in [5.41, 5.74) is -5.52. The molecule has 0 amide bonds. The smallest absolute Gasteiger partial charge is 0.480 e. The number of alkyl halides is 3. The minimum atomic E-state index is -5.68. The van der Waals surface area contributed by atoms with Crippen LogP contribution in [0.5, 0.6) is 0 Å². The van der Waals surface area contributed by atoms with Crippen molar-refractivity contribution in [3.63, 3.8) is 0 Å². The van der Waals surface area contributed by atoms with Crippen molar-refractivity contribution in [1.82, 2.24) is 4.31 Å². The molecule has 22 heavy (non-hydrogen) atoms. The molecule has 0 aromatic heterocycles. The van der Waals surface area contributed by atoms with Gasteiger partial charge < -0.3 is 5.11 Å². The molecule has 1 aliphatic rings. The summed E-state index contributed by atoms with van der Waals surface area (Å²) in [6.07, 6.45) is 8.02. The van der Waals surface area contributed by atoms with Crippen LogP contribution in [0.4, 0.5) is 13.2 Å². The molecule has 0 aromatic carbocycles. The monoisotopic (exact) mass is 343 g/mol. The Labute approximate surface area is 127 Å². The molecule has 128 valence electrons. The summed E-state index contributed by atoms with van der Waals surface area (Å²) in [7, 11) is -5.68. The van der Waals surface area contributed by atoms with Crippen molar-refractivity contribution in [1.29, 1.82) is 0 Å². The second kappa shape index (κ2) is 7.45. The van der Waals surface area contributed by atoms with Gasteiger partial charge in [0.05, 0.1) is 0 Å². The second-order valence-electron chi connectivity index (χ2n) is 5.36. The Balaban J connectivity index is 2.87. The van der Waals surface area contributed by atoms with E-state index in [4.69, 9.17) is 5.11 Å². The number of hydrogen-bond acceptors (Lipinski definition) is 3. The number of carboxylic acid groups (broad SMARTS) is 1. The molecule has 1 N–H and O–H groups in total. The predicted molar refractivity (Wildman–Crippen MR) is 74.5 cm³/mol. The lowest BCUT2D eigenvalue weighted by atomic mass is 9.89. The fraction of sp³-hybridized carbons (Fsp3) is 0.769. The van der Waals surface area contributed by atoms with E-state index in [9.17, 15) is 26.4 Å². The van der Waals surface area contributed by atoms with Gasteiger partial charge in [0.2, 0.25) is 0 Å². The van der Waals surface area contributed by atoms with E-state index in [1.165, 1.54) is 6.08 Å². The third-order valence-electron chi connectivity index (χ3n) is 3.73. The molecule has 0 saturated heterocycles. The molecule has 1 saturated carbocycles. The molecule has 1 atom stereocenters. The van der Waals surface area contributed by atoms with Gasteiger partial charge in [-0.15, -0.1) is 0 Å². The van der Waals surface area contributed by atoms with Gasteiger partial charge in [-0.1, -0.05) is 31.4 Å². The maximum absolute atomic E-state index is 12.6. The fourth-order valence-electron chi connectivity index (χ4n) is 2.40. The summed E-state index contributed by atoms with van der Waals surface area (Å²) in [6.45, 7) is 0.311. The molecule has 0 unspecified atom stereocenters. The first kappa shape index (κ1) is 19.0. The summed E-state index contributed by atoms with van der Waals surface area (Å²) in [5.74, 6) is -1.41. The van der Waals surface area contributed by atoms with Crippen molar-refractivity contribution >= 4 is 16.0 Å². The van der Waals surface area contributed by atoms with E-state index in [2.05, 4.69) is 0 Å². The van der Waals surface area contributed by atoms with Crippen LogP contribution in [0.1, 0.15) is 39.0 Å². The van der Waals surface area contributed by atoms with Gasteiger partial charge in [-0.2, -0.15) is 17.5 Å². The van der Waals surface area contributed by atoms with Gasteiger partial charge in [0.25, 0.3) is 0 Å².